The van der Waals surface area contributed by atoms with Crippen LogP contribution >= 0.6 is 12.8 Å². The van der Waals surface area contributed by atoms with Crippen molar-refractivity contribution in [1.29, 1.82) is 0 Å². The third-order valence-corrected chi connectivity index (χ3v) is 2.81. The van der Waals surface area contributed by atoms with Crippen molar-refractivity contribution < 1.29 is 5.11 Å². The van der Waals surface area contributed by atoms with Crippen molar-refractivity contribution in [2.75, 3.05) is 7.05 Å². The Morgan fingerprint density at radius 2 is 1.80 bits per heavy atom. The minimum atomic E-state index is -0.483. The summed E-state index contributed by atoms with van der Waals surface area (Å²) in [4.78, 5) is 0. The highest BCUT2D eigenvalue weighted by atomic mass is 32.1. The quantitative estimate of drug-likeness (QED) is 0.646. The number of rotatable bonds is 4. The molecule has 0 aliphatic carbocycles. The van der Waals surface area contributed by atoms with E-state index >= 15 is 0 Å². The Labute approximate surface area is 128 Å². The van der Waals surface area contributed by atoms with Crippen molar-refractivity contribution in [3.05, 3.63) is 42.0 Å². The number of hydrogen-bond acceptors (Lipinski definition) is 4. The molecule has 20 heavy (non-hydrogen) atoms. The number of benzene rings is 1. The van der Waals surface area contributed by atoms with Gasteiger partial charge in [-0.2, -0.15) is 0 Å². The lowest BCUT2D eigenvalue weighted by atomic mass is 9.84. The Morgan fingerprint density at radius 3 is 2.25 bits per heavy atom. The summed E-state index contributed by atoms with van der Waals surface area (Å²) in [5, 5.41) is 9.99. The molecule has 0 saturated carbocycles. The molecule has 1 aromatic carbocycles. The van der Waals surface area contributed by atoms with Gasteiger partial charge in [0, 0.05) is 6.04 Å². The molecule has 0 heterocycles. The van der Waals surface area contributed by atoms with Crippen LogP contribution < -0.4 is 10.5 Å². The molecular weight excluding hydrogens is 268 g/mol. The van der Waals surface area contributed by atoms with Crippen LogP contribution in [0.25, 0.3) is 6.08 Å². The van der Waals surface area contributed by atoms with Crippen molar-refractivity contribution in [1.82, 2.24) is 4.72 Å². The maximum absolute atomic E-state index is 9.99. The van der Waals surface area contributed by atoms with Gasteiger partial charge in [0.25, 0.3) is 0 Å². The smallest absolute Gasteiger partial charge is 0.0742 e. The maximum atomic E-state index is 9.99. The van der Waals surface area contributed by atoms with Crippen LogP contribution in [0.5, 0.6) is 0 Å². The number of aliphatic hydroxyl groups is 1. The molecule has 4 N–H and O–H groups in total. The summed E-state index contributed by atoms with van der Waals surface area (Å²) in [6, 6.07) is 9.87. The van der Waals surface area contributed by atoms with Crippen molar-refractivity contribution in [2.45, 2.75) is 39.3 Å². The standard InChI is InChI=1S/C15H23NO.CH5NS/c1-15(2,3)14(17)13(16)11-7-10-12-8-5-4-6-9-12;1-2-3/h4-10,13-14,17H,11,16H2,1-3H3;2-3H,1H3/b10-7+;. The molecule has 2 atom stereocenters. The molecule has 0 fully saturated rings. The topological polar surface area (TPSA) is 58.3 Å². The van der Waals surface area contributed by atoms with E-state index in [9.17, 15) is 5.11 Å². The normalized spacial score (nSPS) is 14.6. The first kappa shape index (κ1) is 19.2. The molecule has 0 amide bonds. The molecule has 0 aromatic heterocycles. The number of aliphatic hydroxyl groups excluding tert-OH is 1. The summed E-state index contributed by atoms with van der Waals surface area (Å²) in [6.45, 7) is 6.00. The second-order valence-corrected chi connectivity index (χ2v) is 6.19. The van der Waals surface area contributed by atoms with E-state index in [1.54, 1.807) is 7.05 Å². The number of nitrogens with one attached hydrogen (secondary N) is 1. The fraction of sp³-hybridized carbons (Fsp3) is 0.500. The molecule has 0 radical (unpaired) electrons. The molecule has 0 aliphatic rings. The van der Waals surface area contributed by atoms with E-state index in [2.05, 4.69) is 17.5 Å². The summed E-state index contributed by atoms with van der Waals surface area (Å²) in [6.07, 6.45) is 4.26. The number of hydrogen-bond donors (Lipinski definition) is 4. The maximum Gasteiger partial charge on any atom is 0.0742 e. The lowest BCUT2D eigenvalue weighted by Gasteiger charge is -2.30. The lowest BCUT2D eigenvalue weighted by molar-refractivity contribution is 0.0413. The van der Waals surface area contributed by atoms with Gasteiger partial charge in [-0.25, -0.2) is 0 Å². The second-order valence-electron chi connectivity index (χ2n) is 5.75. The van der Waals surface area contributed by atoms with Gasteiger partial charge in [0.2, 0.25) is 0 Å². The second kappa shape index (κ2) is 10.00. The van der Waals surface area contributed by atoms with E-state index in [1.807, 2.05) is 63.3 Å². The zero-order chi connectivity index (χ0) is 15.6. The highest BCUT2D eigenvalue weighted by Gasteiger charge is 2.26. The average molecular weight is 296 g/mol. The van der Waals surface area contributed by atoms with E-state index in [0.717, 1.165) is 5.56 Å². The molecule has 0 saturated heterocycles. The summed E-state index contributed by atoms with van der Waals surface area (Å²) in [5.41, 5.74) is 6.96. The Bertz CT molecular complexity index is 374. The van der Waals surface area contributed by atoms with E-state index in [-0.39, 0.29) is 11.5 Å². The van der Waals surface area contributed by atoms with Crippen LogP contribution in [0.15, 0.2) is 36.4 Å². The monoisotopic (exact) mass is 296 g/mol. The van der Waals surface area contributed by atoms with Crippen LogP contribution in [-0.4, -0.2) is 24.3 Å². The van der Waals surface area contributed by atoms with Crippen LogP contribution in [0, 0.1) is 5.41 Å². The predicted molar refractivity (Wildman–Crippen MR) is 91.6 cm³/mol. The first-order valence-electron chi connectivity index (χ1n) is 6.79. The Morgan fingerprint density at radius 1 is 1.30 bits per heavy atom. The van der Waals surface area contributed by atoms with Gasteiger partial charge in [0.1, 0.15) is 0 Å². The van der Waals surface area contributed by atoms with Crippen molar-refractivity contribution in [3.63, 3.8) is 0 Å². The third-order valence-electron chi connectivity index (χ3n) is 2.81. The van der Waals surface area contributed by atoms with E-state index in [1.165, 1.54) is 0 Å². The van der Waals surface area contributed by atoms with Gasteiger partial charge in [-0.15, -0.1) is 0 Å². The zero-order valence-electron chi connectivity index (χ0n) is 12.9. The van der Waals surface area contributed by atoms with Gasteiger partial charge in [-0.05, 0) is 24.4 Å². The van der Waals surface area contributed by atoms with Crippen molar-refractivity contribution >= 4 is 18.9 Å². The number of thiol groups is 1. The molecule has 4 heteroatoms. The SMILES string of the molecule is CC(C)(C)C(O)C(N)C/C=C/c1ccccc1.CNS. The molecule has 3 nitrogen and oxygen atoms in total. The largest absolute Gasteiger partial charge is 0.391 e. The van der Waals surface area contributed by atoms with Gasteiger partial charge < -0.3 is 10.8 Å². The highest BCUT2D eigenvalue weighted by Crippen LogP contribution is 2.22. The van der Waals surface area contributed by atoms with Gasteiger partial charge in [0.05, 0.1) is 6.10 Å². The summed E-state index contributed by atoms with van der Waals surface area (Å²) in [7, 11) is 1.74. The number of nitrogens with two attached hydrogens (primary N) is 1. The van der Waals surface area contributed by atoms with Crippen LogP contribution in [0.3, 0.4) is 0 Å². The lowest BCUT2D eigenvalue weighted by Crippen LogP contribution is -2.42. The summed E-state index contributed by atoms with van der Waals surface area (Å²) in [5.74, 6) is 0. The Balaban J connectivity index is 0.00000110. The van der Waals surface area contributed by atoms with Crippen LogP contribution in [0.1, 0.15) is 32.8 Å². The fourth-order valence-corrected chi connectivity index (χ4v) is 1.70. The molecular formula is C16H28N2OS. The van der Waals surface area contributed by atoms with Crippen molar-refractivity contribution in [3.8, 4) is 0 Å². The molecule has 0 bridgehead atoms. The summed E-state index contributed by atoms with van der Waals surface area (Å²) < 4.78 is 2.44. The van der Waals surface area contributed by atoms with Crippen LogP contribution in [0.2, 0.25) is 0 Å². The van der Waals surface area contributed by atoms with Crippen LogP contribution in [-0.2, 0) is 0 Å². The molecule has 1 aromatic rings. The fourth-order valence-electron chi connectivity index (χ4n) is 1.70. The third kappa shape index (κ3) is 8.38. The van der Waals surface area contributed by atoms with Gasteiger partial charge in [-0.3, -0.25) is 4.72 Å². The molecule has 0 spiro atoms. The minimum Gasteiger partial charge on any atom is -0.391 e. The van der Waals surface area contributed by atoms with Gasteiger partial charge >= 0.3 is 0 Å². The van der Waals surface area contributed by atoms with E-state index < -0.39 is 6.10 Å². The highest BCUT2D eigenvalue weighted by molar-refractivity contribution is 7.78. The van der Waals surface area contributed by atoms with Crippen molar-refractivity contribution in [2.24, 2.45) is 11.1 Å². The molecule has 0 aliphatic heterocycles. The van der Waals surface area contributed by atoms with Gasteiger partial charge in [-0.1, -0.05) is 76.1 Å². The molecule has 114 valence electrons. The zero-order valence-corrected chi connectivity index (χ0v) is 13.8. The van der Waals surface area contributed by atoms with E-state index in [0.29, 0.717) is 6.42 Å². The molecule has 2 unspecified atom stereocenters. The van der Waals surface area contributed by atoms with Crippen LogP contribution in [0.4, 0.5) is 0 Å². The predicted octanol–water partition coefficient (Wildman–Crippen LogP) is 2.87. The minimum absolute atomic E-state index is 0.167. The first-order valence-corrected chi connectivity index (χ1v) is 7.23. The summed E-state index contributed by atoms with van der Waals surface area (Å²) >= 11 is 3.54. The van der Waals surface area contributed by atoms with E-state index in [4.69, 9.17) is 5.73 Å². The molecule has 1 rings (SSSR count). The average Bonchev–Trinajstić information content (AvgIpc) is 2.39. The Hall–Kier alpha value is -0.810. The first-order chi connectivity index (χ1) is 9.32. The Kier molecular flexibility index (Phi) is 9.59. The van der Waals surface area contributed by atoms with Gasteiger partial charge in [0.15, 0.2) is 0 Å².